The molecule has 0 aliphatic rings. The summed E-state index contributed by atoms with van der Waals surface area (Å²) in [5.41, 5.74) is 8.43. The van der Waals surface area contributed by atoms with Crippen molar-refractivity contribution in [3.05, 3.63) is 46.1 Å². The number of carbonyl (C=O) groups is 1. The molecule has 0 aromatic heterocycles. The van der Waals surface area contributed by atoms with Crippen molar-refractivity contribution < 1.29 is 19.7 Å². The highest BCUT2D eigenvalue weighted by Crippen LogP contribution is 2.36. The standard InChI is InChI=1S/C23H34N2O4/c1-5-6-7-11-17-14-19(26)18(13-12-16(4)10-8-9-15(2)3)21(27)20(17)22(24)29-23(25)28/h9,12,14,24,26-27H,5-8,10-11,13H2,1-4H3,(H2,25,28)/b16-12+,24-22?. The van der Waals surface area contributed by atoms with Crippen molar-refractivity contribution in [1.29, 1.82) is 5.41 Å². The van der Waals surface area contributed by atoms with Gasteiger partial charge >= 0.3 is 6.09 Å². The van der Waals surface area contributed by atoms with Gasteiger partial charge < -0.3 is 20.7 Å². The van der Waals surface area contributed by atoms with Crippen LogP contribution < -0.4 is 5.73 Å². The summed E-state index contributed by atoms with van der Waals surface area (Å²) in [4.78, 5) is 11.1. The maximum Gasteiger partial charge on any atom is 0.411 e. The first-order valence-electron chi connectivity index (χ1n) is 10.1. The van der Waals surface area contributed by atoms with Gasteiger partial charge in [-0.1, -0.05) is 43.1 Å². The molecule has 0 heterocycles. The van der Waals surface area contributed by atoms with Crippen molar-refractivity contribution in [1.82, 2.24) is 0 Å². The minimum Gasteiger partial charge on any atom is -0.508 e. The van der Waals surface area contributed by atoms with Crippen LogP contribution in [0.4, 0.5) is 4.79 Å². The summed E-state index contributed by atoms with van der Waals surface area (Å²) in [5.74, 6) is -0.777. The lowest BCUT2D eigenvalue weighted by Gasteiger charge is -2.16. The maximum absolute atomic E-state index is 11.1. The van der Waals surface area contributed by atoms with Gasteiger partial charge in [-0.2, -0.15) is 0 Å². The van der Waals surface area contributed by atoms with Crippen LogP contribution in [0.1, 0.15) is 76.5 Å². The second kappa shape index (κ2) is 11.9. The molecule has 0 saturated carbocycles. The lowest BCUT2D eigenvalue weighted by molar-refractivity contribution is 0.207. The first-order chi connectivity index (χ1) is 13.7. The lowest BCUT2D eigenvalue weighted by atomic mass is 9.94. The molecule has 29 heavy (non-hydrogen) atoms. The molecule has 6 heteroatoms. The van der Waals surface area contributed by atoms with E-state index < -0.39 is 12.0 Å². The fourth-order valence-electron chi connectivity index (χ4n) is 3.08. The van der Waals surface area contributed by atoms with Gasteiger partial charge in [0.1, 0.15) is 11.5 Å². The second-order valence-electron chi connectivity index (χ2n) is 7.54. The first-order valence-corrected chi connectivity index (χ1v) is 10.1. The average molecular weight is 403 g/mol. The molecule has 0 unspecified atom stereocenters. The number of nitrogens with one attached hydrogen (secondary N) is 1. The molecule has 0 bridgehead atoms. The van der Waals surface area contributed by atoms with Crippen LogP contribution in [0.25, 0.3) is 0 Å². The Labute approximate surface area is 173 Å². The number of primary amides is 1. The van der Waals surface area contributed by atoms with Crippen molar-refractivity contribution in [2.75, 3.05) is 0 Å². The summed E-state index contributed by atoms with van der Waals surface area (Å²) in [6.45, 7) is 8.19. The van der Waals surface area contributed by atoms with E-state index in [1.165, 1.54) is 5.57 Å². The van der Waals surface area contributed by atoms with Gasteiger partial charge in [0, 0.05) is 5.56 Å². The van der Waals surface area contributed by atoms with E-state index in [0.717, 1.165) is 37.7 Å². The number of phenols is 2. The van der Waals surface area contributed by atoms with E-state index >= 15 is 0 Å². The smallest absolute Gasteiger partial charge is 0.411 e. The Kier molecular flexibility index (Phi) is 10.00. The van der Waals surface area contributed by atoms with E-state index in [4.69, 9.17) is 15.9 Å². The Morgan fingerprint density at radius 1 is 1.21 bits per heavy atom. The number of carbonyl (C=O) groups excluding carboxylic acids is 1. The molecule has 6 nitrogen and oxygen atoms in total. The summed E-state index contributed by atoms with van der Waals surface area (Å²) >= 11 is 0. The van der Waals surface area contributed by atoms with Gasteiger partial charge in [-0.25, -0.2) is 4.79 Å². The average Bonchev–Trinajstić information content (AvgIpc) is 2.60. The lowest BCUT2D eigenvalue weighted by Crippen LogP contribution is -2.20. The molecule has 1 aromatic rings. The highest BCUT2D eigenvalue weighted by Gasteiger charge is 2.22. The quantitative estimate of drug-likeness (QED) is 0.179. The molecular formula is C23H34N2O4. The number of aryl methyl sites for hydroxylation is 1. The molecule has 0 aliphatic heterocycles. The van der Waals surface area contributed by atoms with Gasteiger partial charge in [0.25, 0.3) is 0 Å². The fraction of sp³-hybridized carbons (Fsp3) is 0.478. The third-order valence-corrected chi connectivity index (χ3v) is 4.69. The van der Waals surface area contributed by atoms with Crippen LogP contribution >= 0.6 is 0 Å². The number of benzene rings is 1. The molecule has 160 valence electrons. The SMILES string of the molecule is CCCCCc1cc(O)c(C/C=C(\C)CCC=C(C)C)c(O)c1C(=N)OC(N)=O. The Bertz CT molecular complexity index is 791. The summed E-state index contributed by atoms with van der Waals surface area (Å²) in [6.07, 6.45) is 8.49. The molecule has 0 radical (unpaired) electrons. The number of phenolic OH excluding ortho intramolecular Hbond substituents is 2. The number of rotatable bonds is 10. The minimum atomic E-state index is -1.11. The number of unbranched alkanes of at least 4 members (excludes halogenated alkanes) is 2. The van der Waals surface area contributed by atoms with Gasteiger partial charge in [-0.05, 0) is 64.5 Å². The van der Waals surface area contributed by atoms with Gasteiger partial charge in [0.15, 0.2) is 0 Å². The van der Waals surface area contributed by atoms with Crippen molar-refractivity contribution >= 4 is 12.0 Å². The number of nitrogens with two attached hydrogens (primary N) is 1. The van der Waals surface area contributed by atoms with Crippen molar-refractivity contribution in [3.63, 3.8) is 0 Å². The molecule has 1 rings (SSSR count). The van der Waals surface area contributed by atoms with Crippen LogP contribution in [0.2, 0.25) is 0 Å². The van der Waals surface area contributed by atoms with Gasteiger partial charge in [0.05, 0.1) is 5.56 Å². The highest BCUT2D eigenvalue weighted by atomic mass is 16.6. The summed E-state index contributed by atoms with van der Waals surface area (Å²) < 4.78 is 4.72. The summed E-state index contributed by atoms with van der Waals surface area (Å²) in [6, 6.07) is 1.55. The van der Waals surface area contributed by atoms with E-state index in [9.17, 15) is 15.0 Å². The zero-order valence-corrected chi connectivity index (χ0v) is 18.0. The van der Waals surface area contributed by atoms with E-state index in [1.807, 2.05) is 13.0 Å². The second-order valence-corrected chi connectivity index (χ2v) is 7.54. The Morgan fingerprint density at radius 2 is 1.90 bits per heavy atom. The third kappa shape index (κ3) is 8.02. The predicted octanol–water partition coefficient (Wildman–Crippen LogP) is 5.49. The number of ether oxygens (including phenoxy) is 1. The van der Waals surface area contributed by atoms with Crippen molar-refractivity contribution in [3.8, 4) is 11.5 Å². The van der Waals surface area contributed by atoms with E-state index in [-0.39, 0.29) is 17.1 Å². The Hall–Kier alpha value is -2.76. The number of amides is 1. The van der Waals surface area contributed by atoms with Crippen molar-refractivity contribution in [2.24, 2.45) is 5.73 Å². The third-order valence-electron chi connectivity index (χ3n) is 4.69. The largest absolute Gasteiger partial charge is 0.508 e. The van der Waals surface area contributed by atoms with Gasteiger partial charge in [-0.15, -0.1) is 0 Å². The first kappa shape index (κ1) is 24.3. The molecule has 0 saturated heterocycles. The topological polar surface area (TPSA) is 117 Å². The molecular weight excluding hydrogens is 368 g/mol. The van der Waals surface area contributed by atoms with Crippen LogP contribution in [0.3, 0.4) is 0 Å². The van der Waals surface area contributed by atoms with Crippen LogP contribution in [0, 0.1) is 5.41 Å². The number of aromatic hydroxyl groups is 2. The molecule has 0 atom stereocenters. The summed E-state index contributed by atoms with van der Waals surface area (Å²) in [5, 5.41) is 29.3. The summed E-state index contributed by atoms with van der Waals surface area (Å²) in [7, 11) is 0. The van der Waals surface area contributed by atoms with Crippen molar-refractivity contribution in [2.45, 2.75) is 72.6 Å². The maximum atomic E-state index is 11.1. The van der Waals surface area contributed by atoms with Gasteiger partial charge in [0.2, 0.25) is 5.90 Å². The van der Waals surface area contributed by atoms with E-state index in [0.29, 0.717) is 24.0 Å². The minimum absolute atomic E-state index is 0.0297. The van der Waals surface area contributed by atoms with E-state index in [2.05, 4.69) is 26.8 Å². The molecule has 0 aliphatic carbocycles. The fourth-order valence-corrected chi connectivity index (χ4v) is 3.08. The molecule has 0 spiro atoms. The number of hydrogen-bond acceptors (Lipinski definition) is 5. The van der Waals surface area contributed by atoms with Crippen LogP contribution in [-0.4, -0.2) is 22.2 Å². The number of hydrogen-bond donors (Lipinski definition) is 4. The van der Waals surface area contributed by atoms with Crippen LogP contribution in [0.5, 0.6) is 11.5 Å². The Morgan fingerprint density at radius 3 is 2.48 bits per heavy atom. The van der Waals surface area contributed by atoms with Crippen LogP contribution in [-0.2, 0) is 17.6 Å². The molecule has 5 N–H and O–H groups in total. The molecule has 1 aromatic carbocycles. The monoisotopic (exact) mass is 402 g/mol. The highest BCUT2D eigenvalue weighted by molar-refractivity contribution is 6.01. The Balaban J connectivity index is 3.19. The van der Waals surface area contributed by atoms with Crippen LogP contribution in [0.15, 0.2) is 29.4 Å². The molecule has 1 amide bonds. The number of allylic oxidation sites excluding steroid dienone is 4. The zero-order chi connectivity index (χ0) is 22.0. The normalized spacial score (nSPS) is 11.2. The predicted molar refractivity (Wildman–Crippen MR) is 117 cm³/mol. The van der Waals surface area contributed by atoms with Gasteiger partial charge in [-0.3, -0.25) is 5.41 Å². The van der Waals surface area contributed by atoms with E-state index in [1.54, 1.807) is 6.07 Å². The zero-order valence-electron chi connectivity index (χ0n) is 18.0. The molecule has 0 fully saturated rings.